The van der Waals surface area contributed by atoms with Crippen molar-refractivity contribution in [2.24, 2.45) is 0 Å². The molecule has 0 saturated carbocycles. The first-order chi connectivity index (χ1) is 16.0. The van der Waals surface area contributed by atoms with E-state index in [9.17, 15) is 9.18 Å². The summed E-state index contributed by atoms with van der Waals surface area (Å²) in [6.45, 7) is 5.16. The number of pyridine rings is 1. The number of aryl methyl sites for hydroxylation is 2. The highest BCUT2D eigenvalue weighted by Crippen LogP contribution is 2.30. The van der Waals surface area contributed by atoms with Crippen molar-refractivity contribution in [3.8, 4) is 0 Å². The highest BCUT2D eigenvalue weighted by atomic mass is 19.1. The van der Waals surface area contributed by atoms with Crippen molar-refractivity contribution in [1.29, 1.82) is 0 Å². The van der Waals surface area contributed by atoms with E-state index in [0.717, 1.165) is 35.5 Å². The molecule has 1 aliphatic rings. The molecule has 0 aliphatic carbocycles. The Labute approximate surface area is 191 Å². The molecular weight excluding hydrogens is 419 g/mol. The molecule has 1 saturated heterocycles. The number of fused-ring (bicyclic) bond motifs is 1. The van der Waals surface area contributed by atoms with Crippen LogP contribution in [0.25, 0.3) is 5.65 Å². The lowest BCUT2D eigenvalue weighted by Crippen LogP contribution is -2.39. The smallest absolute Gasteiger partial charge is 0.259 e. The van der Waals surface area contributed by atoms with Gasteiger partial charge in [-0.2, -0.15) is 5.10 Å². The van der Waals surface area contributed by atoms with E-state index in [-0.39, 0.29) is 17.6 Å². The Kier molecular flexibility index (Phi) is 5.50. The Bertz CT molecular complexity index is 1330. The van der Waals surface area contributed by atoms with Crippen LogP contribution in [0.15, 0.2) is 55.0 Å². The van der Waals surface area contributed by atoms with Crippen LogP contribution >= 0.6 is 0 Å². The van der Waals surface area contributed by atoms with Gasteiger partial charge in [0.15, 0.2) is 5.65 Å². The average molecular weight is 445 g/mol. The molecule has 0 spiro atoms. The Morgan fingerprint density at radius 1 is 1.15 bits per heavy atom. The number of piperidine rings is 1. The number of likely N-dealkylation sites (tertiary alicyclic amines) is 1. The monoisotopic (exact) mass is 444 g/mol. The van der Waals surface area contributed by atoms with Gasteiger partial charge in [0.1, 0.15) is 11.4 Å². The molecule has 3 aromatic heterocycles. The Balaban J connectivity index is 1.37. The Morgan fingerprint density at radius 3 is 2.88 bits per heavy atom. The van der Waals surface area contributed by atoms with E-state index >= 15 is 0 Å². The zero-order valence-corrected chi connectivity index (χ0v) is 18.6. The van der Waals surface area contributed by atoms with Crippen LogP contribution in [0, 0.1) is 19.7 Å². The summed E-state index contributed by atoms with van der Waals surface area (Å²) in [5.74, 6) is -0.228. The third-order valence-corrected chi connectivity index (χ3v) is 5.93. The van der Waals surface area contributed by atoms with E-state index in [4.69, 9.17) is 4.98 Å². The molecule has 1 aromatic carbocycles. The number of carbonyl (C=O) groups is 1. The van der Waals surface area contributed by atoms with Crippen LogP contribution < -0.4 is 5.32 Å². The van der Waals surface area contributed by atoms with E-state index in [0.29, 0.717) is 30.0 Å². The maximum Gasteiger partial charge on any atom is 0.259 e. The van der Waals surface area contributed by atoms with Gasteiger partial charge in [0, 0.05) is 54.2 Å². The topological polar surface area (TPSA) is 75.4 Å². The van der Waals surface area contributed by atoms with Crippen LogP contribution in [0.1, 0.15) is 46.1 Å². The summed E-state index contributed by atoms with van der Waals surface area (Å²) in [4.78, 5) is 24.3. The van der Waals surface area contributed by atoms with Crippen LogP contribution in [-0.4, -0.2) is 43.5 Å². The minimum absolute atomic E-state index is 0.0585. The van der Waals surface area contributed by atoms with Gasteiger partial charge in [-0.15, -0.1) is 0 Å². The van der Waals surface area contributed by atoms with Crippen molar-refractivity contribution in [3.63, 3.8) is 0 Å². The maximum absolute atomic E-state index is 13.6. The number of benzene rings is 1. The lowest BCUT2D eigenvalue weighted by Gasteiger charge is -2.32. The Hall–Kier alpha value is -3.81. The molecule has 1 unspecified atom stereocenters. The third kappa shape index (κ3) is 4.41. The van der Waals surface area contributed by atoms with Crippen LogP contribution in [0.2, 0.25) is 0 Å². The van der Waals surface area contributed by atoms with Gasteiger partial charge in [-0.05, 0) is 62.6 Å². The molecule has 0 radical (unpaired) electrons. The van der Waals surface area contributed by atoms with Crippen LogP contribution in [0.4, 0.5) is 15.8 Å². The predicted molar refractivity (Wildman–Crippen MR) is 124 cm³/mol. The van der Waals surface area contributed by atoms with Gasteiger partial charge >= 0.3 is 0 Å². The highest BCUT2D eigenvalue weighted by molar-refractivity contribution is 5.99. The number of rotatable bonds is 4. The Morgan fingerprint density at radius 2 is 2.03 bits per heavy atom. The molecule has 1 amide bonds. The highest BCUT2D eigenvalue weighted by Gasteiger charge is 2.28. The van der Waals surface area contributed by atoms with Crippen molar-refractivity contribution in [2.75, 3.05) is 18.4 Å². The standard InChI is InChI=1S/C25H25FN6O/c1-16-12-27-24-22(13-28-32(24)14-16)25(33)31-8-4-5-18(15-31)23-11-21(9-17(2)29-23)30-20-7-3-6-19(26)10-20/h3,6-7,9-14,18H,4-5,8,15H2,1-2H3,(H,29,30). The quantitative estimate of drug-likeness (QED) is 0.496. The number of carbonyl (C=O) groups excluding carboxylic acids is 1. The van der Waals surface area contributed by atoms with Crippen LogP contribution in [0.5, 0.6) is 0 Å². The normalized spacial score (nSPS) is 16.2. The van der Waals surface area contributed by atoms with Crippen LogP contribution in [-0.2, 0) is 0 Å². The average Bonchev–Trinajstić information content (AvgIpc) is 3.21. The fourth-order valence-electron chi connectivity index (χ4n) is 4.40. The fourth-order valence-corrected chi connectivity index (χ4v) is 4.40. The van der Waals surface area contributed by atoms with Gasteiger partial charge in [-0.1, -0.05) is 6.07 Å². The molecule has 7 nitrogen and oxygen atoms in total. The molecule has 5 rings (SSSR count). The number of nitrogens with zero attached hydrogens (tertiary/aromatic N) is 5. The van der Waals surface area contributed by atoms with Crippen LogP contribution in [0.3, 0.4) is 0 Å². The minimum Gasteiger partial charge on any atom is -0.355 e. The molecule has 8 heteroatoms. The first-order valence-corrected chi connectivity index (χ1v) is 11.1. The molecule has 1 fully saturated rings. The molecule has 1 N–H and O–H groups in total. The lowest BCUT2D eigenvalue weighted by atomic mass is 9.93. The van der Waals surface area contributed by atoms with E-state index in [1.807, 2.05) is 43.1 Å². The van der Waals surface area contributed by atoms with Gasteiger partial charge in [-0.3, -0.25) is 9.78 Å². The first kappa shape index (κ1) is 21.1. The predicted octanol–water partition coefficient (Wildman–Crippen LogP) is 4.64. The van der Waals surface area contributed by atoms with Gasteiger partial charge in [0.25, 0.3) is 5.91 Å². The minimum atomic E-state index is -0.287. The second-order valence-corrected chi connectivity index (χ2v) is 8.61. The fraction of sp³-hybridized carbons (Fsp3) is 0.280. The van der Waals surface area contributed by atoms with Crippen molar-refractivity contribution < 1.29 is 9.18 Å². The summed E-state index contributed by atoms with van der Waals surface area (Å²) in [5, 5.41) is 7.57. The second kappa shape index (κ2) is 8.61. The molecule has 33 heavy (non-hydrogen) atoms. The molecule has 4 heterocycles. The van der Waals surface area contributed by atoms with E-state index in [1.165, 1.54) is 12.1 Å². The van der Waals surface area contributed by atoms with Gasteiger partial charge in [0.2, 0.25) is 0 Å². The lowest BCUT2D eigenvalue weighted by molar-refractivity contribution is 0.0707. The summed E-state index contributed by atoms with van der Waals surface area (Å²) in [7, 11) is 0. The number of hydrogen-bond acceptors (Lipinski definition) is 5. The number of hydrogen-bond donors (Lipinski definition) is 1. The van der Waals surface area contributed by atoms with E-state index < -0.39 is 0 Å². The van der Waals surface area contributed by atoms with Gasteiger partial charge in [-0.25, -0.2) is 13.9 Å². The van der Waals surface area contributed by atoms with Crippen molar-refractivity contribution in [3.05, 3.63) is 83.3 Å². The van der Waals surface area contributed by atoms with Gasteiger partial charge < -0.3 is 10.2 Å². The largest absolute Gasteiger partial charge is 0.355 e. The second-order valence-electron chi connectivity index (χ2n) is 8.61. The summed E-state index contributed by atoms with van der Waals surface area (Å²) >= 11 is 0. The number of amides is 1. The van der Waals surface area contributed by atoms with Gasteiger partial charge in [0.05, 0.1) is 6.20 Å². The van der Waals surface area contributed by atoms with E-state index in [1.54, 1.807) is 23.0 Å². The molecule has 4 aromatic rings. The number of nitrogens with one attached hydrogen (secondary N) is 1. The molecule has 1 atom stereocenters. The summed E-state index contributed by atoms with van der Waals surface area (Å²) in [6, 6.07) is 10.3. The molecular formula is C25H25FN6O. The first-order valence-electron chi connectivity index (χ1n) is 11.1. The summed E-state index contributed by atoms with van der Waals surface area (Å²) < 4.78 is 15.2. The SMILES string of the molecule is Cc1cnc2c(C(=O)N3CCCC(c4cc(Nc5cccc(F)c5)cc(C)n4)C3)cnn2c1. The number of anilines is 2. The van der Waals surface area contributed by atoms with E-state index in [2.05, 4.69) is 15.4 Å². The number of halogens is 1. The summed E-state index contributed by atoms with van der Waals surface area (Å²) in [5.41, 5.74) is 5.41. The third-order valence-electron chi connectivity index (χ3n) is 5.93. The zero-order valence-electron chi connectivity index (χ0n) is 18.6. The van der Waals surface area contributed by atoms with Crippen molar-refractivity contribution >= 4 is 22.9 Å². The van der Waals surface area contributed by atoms with Crippen molar-refractivity contribution in [2.45, 2.75) is 32.6 Å². The number of aromatic nitrogens is 4. The molecule has 168 valence electrons. The van der Waals surface area contributed by atoms with Crippen molar-refractivity contribution in [1.82, 2.24) is 24.5 Å². The molecule has 1 aliphatic heterocycles. The summed E-state index contributed by atoms with van der Waals surface area (Å²) in [6.07, 6.45) is 7.05. The molecule has 0 bridgehead atoms. The maximum atomic E-state index is 13.6. The zero-order chi connectivity index (χ0) is 22.9.